The Labute approximate surface area is 79.4 Å². The molecule has 2 rings (SSSR count). The maximum Gasteiger partial charge on any atom is 0.214 e. The number of nitrogens with one attached hydrogen (secondary N) is 1. The van der Waals surface area contributed by atoms with E-state index in [1.807, 2.05) is 0 Å². The second-order valence-electron chi connectivity index (χ2n) is 3.76. The molecule has 0 aromatic carbocycles. The second-order valence-corrected chi connectivity index (χ2v) is 5.80. The van der Waals surface area contributed by atoms with Gasteiger partial charge in [0.25, 0.3) is 0 Å². The number of rotatable bonds is 1. The lowest BCUT2D eigenvalue weighted by Crippen LogP contribution is -2.42. The Hall–Kier alpha value is -0.130. The van der Waals surface area contributed by atoms with Gasteiger partial charge >= 0.3 is 0 Å². The van der Waals surface area contributed by atoms with Gasteiger partial charge in [-0.05, 0) is 25.8 Å². The number of nitrogens with zero attached hydrogens (tertiary/aromatic N) is 1. The van der Waals surface area contributed by atoms with Gasteiger partial charge < -0.3 is 5.32 Å². The van der Waals surface area contributed by atoms with Gasteiger partial charge in [-0.1, -0.05) is 0 Å². The smallest absolute Gasteiger partial charge is 0.214 e. The Morgan fingerprint density at radius 2 is 2.00 bits per heavy atom. The van der Waals surface area contributed by atoms with Crippen LogP contribution in [-0.4, -0.2) is 44.2 Å². The lowest BCUT2D eigenvalue weighted by Gasteiger charge is -2.24. The molecule has 1 saturated heterocycles. The first-order valence-electron chi connectivity index (χ1n) is 4.90. The van der Waals surface area contributed by atoms with Crippen LogP contribution in [0.4, 0.5) is 0 Å². The van der Waals surface area contributed by atoms with Gasteiger partial charge in [-0.25, -0.2) is 8.42 Å². The fourth-order valence-corrected chi connectivity index (χ4v) is 3.50. The van der Waals surface area contributed by atoms with E-state index in [9.17, 15) is 8.42 Å². The zero-order valence-corrected chi connectivity index (χ0v) is 8.52. The van der Waals surface area contributed by atoms with Gasteiger partial charge in [0.2, 0.25) is 10.0 Å². The van der Waals surface area contributed by atoms with Crippen LogP contribution in [0.25, 0.3) is 0 Å². The Morgan fingerprint density at radius 3 is 2.69 bits per heavy atom. The Kier molecular flexibility index (Phi) is 2.58. The van der Waals surface area contributed by atoms with Crippen LogP contribution in [0.2, 0.25) is 0 Å². The SMILES string of the molecule is O=S1(=O)CCCNCCN1C1CC1. The molecule has 0 amide bonds. The van der Waals surface area contributed by atoms with Crippen LogP contribution in [-0.2, 0) is 10.0 Å². The van der Waals surface area contributed by atoms with Crippen LogP contribution in [0.3, 0.4) is 0 Å². The van der Waals surface area contributed by atoms with Gasteiger partial charge in [-0.15, -0.1) is 0 Å². The van der Waals surface area contributed by atoms with Gasteiger partial charge in [0.15, 0.2) is 0 Å². The number of hydrogen-bond donors (Lipinski definition) is 1. The molecule has 1 saturated carbocycles. The zero-order chi connectivity index (χ0) is 9.31. The van der Waals surface area contributed by atoms with Crippen molar-refractivity contribution < 1.29 is 8.42 Å². The molecule has 0 radical (unpaired) electrons. The van der Waals surface area contributed by atoms with Crippen LogP contribution >= 0.6 is 0 Å². The van der Waals surface area contributed by atoms with Crippen LogP contribution in [0.15, 0.2) is 0 Å². The summed E-state index contributed by atoms with van der Waals surface area (Å²) in [5.74, 6) is 0.316. The number of sulfonamides is 1. The van der Waals surface area contributed by atoms with Crippen molar-refractivity contribution in [2.24, 2.45) is 0 Å². The van der Waals surface area contributed by atoms with Crippen LogP contribution < -0.4 is 5.32 Å². The van der Waals surface area contributed by atoms with Crippen LogP contribution in [0, 0.1) is 0 Å². The summed E-state index contributed by atoms with van der Waals surface area (Å²) >= 11 is 0. The summed E-state index contributed by atoms with van der Waals surface area (Å²) < 4.78 is 25.2. The normalized spacial score (nSPS) is 30.8. The maximum absolute atomic E-state index is 11.7. The van der Waals surface area contributed by atoms with Crippen LogP contribution in [0.1, 0.15) is 19.3 Å². The van der Waals surface area contributed by atoms with E-state index >= 15 is 0 Å². The van der Waals surface area contributed by atoms with Crippen molar-refractivity contribution in [1.82, 2.24) is 9.62 Å². The zero-order valence-electron chi connectivity index (χ0n) is 7.70. The first-order chi connectivity index (χ1) is 6.20. The first-order valence-corrected chi connectivity index (χ1v) is 6.51. The average molecular weight is 204 g/mol. The van der Waals surface area contributed by atoms with Crippen molar-refractivity contribution in [3.8, 4) is 0 Å². The molecule has 1 aliphatic heterocycles. The third-order valence-corrected chi connectivity index (χ3v) is 4.58. The molecule has 2 aliphatic rings. The second kappa shape index (κ2) is 3.55. The summed E-state index contributed by atoms with van der Waals surface area (Å²) in [4.78, 5) is 0. The molecule has 1 N–H and O–H groups in total. The first kappa shape index (κ1) is 9.43. The molecule has 2 fully saturated rings. The van der Waals surface area contributed by atoms with Gasteiger partial charge in [0, 0.05) is 19.1 Å². The van der Waals surface area contributed by atoms with Crippen molar-refractivity contribution in [2.75, 3.05) is 25.4 Å². The van der Waals surface area contributed by atoms with Crippen molar-refractivity contribution >= 4 is 10.0 Å². The summed E-state index contributed by atoms with van der Waals surface area (Å²) in [6.45, 7) is 2.29. The largest absolute Gasteiger partial charge is 0.315 e. The number of hydrogen-bond acceptors (Lipinski definition) is 3. The van der Waals surface area contributed by atoms with E-state index in [0.717, 1.165) is 32.4 Å². The average Bonchev–Trinajstić information content (AvgIpc) is 2.82. The molecule has 0 aromatic heterocycles. The quantitative estimate of drug-likeness (QED) is 0.642. The van der Waals surface area contributed by atoms with Crippen molar-refractivity contribution in [3.05, 3.63) is 0 Å². The van der Waals surface area contributed by atoms with E-state index in [4.69, 9.17) is 0 Å². The lowest BCUT2D eigenvalue weighted by molar-refractivity contribution is 0.388. The fraction of sp³-hybridized carbons (Fsp3) is 1.00. The monoisotopic (exact) mass is 204 g/mol. The van der Waals surface area contributed by atoms with E-state index in [1.54, 1.807) is 4.31 Å². The minimum absolute atomic E-state index is 0.316. The summed E-state index contributed by atoms with van der Waals surface area (Å²) in [6, 6.07) is 0.324. The molecule has 76 valence electrons. The summed E-state index contributed by atoms with van der Waals surface area (Å²) in [6.07, 6.45) is 2.85. The van der Waals surface area contributed by atoms with Crippen LogP contribution in [0.5, 0.6) is 0 Å². The standard InChI is InChI=1S/C8H16N2O2S/c11-13(12)7-1-4-9-5-6-10(13)8-2-3-8/h8-9H,1-7H2. The Balaban J connectivity index is 2.09. The molecule has 0 spiro atoms. The summed E-state index contributed by atoms with van der Waals surface area (Å²) in [5, 5.41) is 3.23. The Morgan fingerprint density at radius 1 is 1.23 bits per heavy atom. The highest BCUT2D eigenvalue weighted by atomic mass is 32.2. The van der Waals surface area contributed by atoms with E-state index in [1.165, 1.54) is 0 Å². The highest BCUT2D eigenvalue weighted by molar-refractivity contribution is 7.89. The predicted octanol–water partition coefficient (Wildman–Crippen LogP) is -0.226. The van der Waals surface area contributed by atoms with E-state index < -0.39 is 10.0 Å². The molecule has 0 bridgehead atoms. The summed E-state index contributed by atoms with van der Waals surface area (Å²) in [5.41, 5.74) is 0. The molecule has 0 aromatic rings. The summed E-state index contributed by atoms with van der Waals surface area (Å²) in [7, 11) is -2.93. The minimum Gasteiger partial charge on any atom is -0.315 e. The molecule has 4 nitrogen and oxygen atoms in total. The third kappa shape index (κ3) is 2.21. The lowest BCUT2D eigenvalue weighted by atomic mass is 10.4. The third-order valence-electron chi connectivity index (χ3n) is 2.58. The van der Waals surface area contributed by atoms with E-state index in [0.29, 0.717) is 18.3 Å². The fourth-order valence-electron chi connectivity index (χ4n) is 1.72. The highest BCUT2D eigenvalue weighted by Crippen LogP contribution is 2.29. The minimum atomic E-state index is -2.93. The van der Waals surface area contributed by atoms with Gasteiger partial charge in [0.05, 0.1) is 5.75 Å². The van der Waals surface area contributed by atoms with Crippen molar-refractivity contribution in [1.29, 1.82) is 0 Å². The van der Waals surface area contributed by atoms with Gasteiger partial charge in [-0.2, -0.15) is 4.31 Å². The molecule has 5 heteroatoms. The topological polar surface area (TPSA) is 49.4 Å². The Bertz CT molecular complexity index is 272. The molecular weight excluding hydrogens is 188 g/mol. The molecule has 1 aliphatic carbocycles. The van der Waals surface area contributed by atoms with Crippen molar-refractivity contribution in [2.45, 2.75) is 25.3 Å². The molecule has 0 atom stereocenters. The molecule has 1 heterocycles. The van der Waals surface area contributed by atoms with E-state index in [2.05, 4.69) is 5.32 Å². The highest BCUT2D eigenvalue weighted by Gasteiger charge is 2.36. The maximum atomic E-state index is 11.7. The predicted molar refractivity (Wildman–Crippen MR) is 51.0 cm³/mol. The molecule has 0 unspecified atom stereocenters. The van der Waals surface area contributed by atoms with Crippen molar-refractivity contribution in [3.63, 3.8) is 0 Å². The van der Waals surface area contributed by atoms with Gasteiger partial charge in [0.1, 0.15) is 0 Å². The molecular formula is C8H16N2O2S. The van der Waals surface area contributed by atoms with E-state index in [-0.39, 0.29) is 0 Å². The van der Waals surface area contributed by atoms with Gasteiger partial charge in [-0.3, -0.25) is 0 Å². The molecule has 13 heavy (non-hydrogen) atoms.